The second kappa shape index (κ2) is 17.2. The summed E-state index contributed by atoms with van der Waals surface area (Å²) in [6, 6.07) is 26.8. The van der Waals surface area contributed by atoms with Gasteiger partial charge in [-0.05, 0) is 74.2 Å². The molecule has 1 unspecified atom stereocenters. The Labute approximate surface area is 305 Å². The fourth-order valence-electron chi connectivity index (χ4n) is 6.22. The number of hydrogen-bond acceptors (Lipinski definition) is 5. The lowest BCUT2D eigenvalue weighted by Gasteiger charge is -2.35. The maximum absolute atomic E-state index is 14.9. The van der Waals surface area contributed by atoms with Gasteiger partial charge in [0.05, 0.1) is 27.2 Å². The predicted octanol–water partition coefficient (Wildman–Crippen LogP) is 7.98. The van der Waals surface area contributed by atoms with E-state index in [1.165, 1.54) is 17.0 Å². The number of aryl methyl sites for hydroxylation is 1. The highest BCUT2D eigenvalue weighted by molar-refractivity contribution is 7.92. The predicted molar refractivity (Wildman–Crippen MR) is 199 cm³/mol. The minimum atomic E-state index is -4.29. The monoisotopic (exact) mass is 735 g/mol. The number of halogens is 2. The first-order chi connectivity index (χ1) is 24.1. The van der Waals surface area contributed by atoms with Crippen molar-refractivity contribution in [2.24, 2.45) is 0 Å². The van der Waals surface area contributed by atoms with Crippen molar-refractivity contribution < 1.29 is 22.7 Å². The molecule has 4 aromatic carbocycles. The summed E-state index contributed by atoms with van der Waals surface area (Å²) in [6.45, 7) is 3.35. The molecule has 1 N–H and O–H groups in total. The smallest absolute Gasteiger partial charge is 0.264 e. The number of sulfonamides is 1. The fourth-order valence-corrected chi connectivity index (χ4v) is 7.97. The third-order valence-electron chi connectivity index (χ3n) is 8.88. The van der Waals surface area contributed by atoms with Crippen molar-refractivity contribution in [1.82, 2.24) is 10.2 Å². The SMILES string of the molecule is CCOc1ccccc1N(CC(=O)N(Cc1ccc(Cl)c(Cl)c1)C(Cc1ccccc1)C(=O)NC1CCCCC1)S(=O)(=O)c1ccc(C)cc1. The molecule has 0 bridgehead atoms. The van der Waals surface area contributed by atoms with Gasteiger partial charge in [-0.2, -0.15) is 0 Å². The topological polar surface area (TPSA) is 96.0 Å². The van der Waals surface area contributed by atoms with E-state index in [0.29, 0.717) is 21.4 Å². The number of carbonyl (C=O) groups is 2. The summed E-state index contributed by atoms with van der Waals surface area (Å²) >= 11 is 12.7. The molecule has 1 aliphatic carbocycles. The Bertz CT molecular complexity index is 1870. The van der Waals surface area contributed by atoms with Crippen LogP contribution < -0.4 is 14.4 Å². The number of hydrogen-bond donors (Lipinski definition) is 1. The highest BCUT2D eigenvalue weighted by Gasteiger charge is 2.36. The molecule has 0 aromatic heterocycles. The van der Waals surface area contributed by atoms with Crippen LogP contribution in [0.25, 0.3) is 0 Å². The highest BCUT2D eigenvalue weighted by atomic mass is 35.5. The van der Waals surface area contributed by atoms with Crippen LogP contribution in [0.3, 0.4) is 0 Å². The van der Waals surface area contributed by atoms with Gasteiger partial charge in [-0.15, -0.1) is 0 Å². The van der Waals surface area contributed by atoms with Gasteiger partial charge in [0.25, 0.3) is 10.0 Å². The van der Waals surface area contributed by atoms with Crippen LogP contribution in [-0.4, -0.2) is 50.4 Å². The highest BCUT2D eigenvalue weighted by Crippen LogP contribution is 2.33. The van der Waals surface area contributed by atoms with E-state index in [4.69, 9.17) is 27.9 Å². The number of rotatable bonds is 14. The molecule has 0 heterocycles. The number of carbonyl (C=O) groups excluding carboxylic acids is 2. The lowest BCUT2D eigenvalue weighted by molar-refractivity contribution is -0.140. The van der Waals surface area contributed by atoms with Crippen LogP contribution in [0.15, 0.2) is 102 Å². The van der Waals surface area contributed by atoms with Gasteiger partial charge >= 0.3 is 0 Å². The minimum Gasteiger partial charge on any atom is -0.492 e. The van der Waals surface area contributed by atoms with E-state index in [1.54, 1.807) is 61.5 Å². The number of nitrogens with zero attached hydrogens (tertiary/aromatic N) is 2. The molecule has 264 valence electrons. The first kappa shape index (κ1) is 37.2. The lowest BCUT2D eigenvalue weighted by atomic mass is 9.94. The van der Waals surface area contributed by atoms with Gasteiger partial charge in [0.15, 0.2) is 0 Å². The van der Waals surface area contributed by atoms with Crippen LogP contribution in [0.5, 0.6) is 5.75 Å². The van der Waals surface area contributed by atoms with E-state index in [1.807, 2.05) is 37.3 Å². The van der Waals surface area contributed by atoms with Crippen molar-refractivity contribution in [3.63, 3.8) is 0 Å². The average molecular weight is 737 g/mol. The van der Waals surface area contributed by atoms with E-state index < -0.39 is 28.5 Å². The van der Waals surface area contributed by atoms with Gasteiger partial charge in [0.1, 0.15) is 18.3 Å². The summed E-state index contributed by atoms with van der Waals surface area (Å²) in [4.78, 5) is 30.7. The Kier molecular flexibility index (Phi) is 12.8. The molecule has 0 aliphatic heterocycles. The van der Waals surface area contributed by atoms with E-state index in [-0.39, 0.29) is 42.1 Å². The second-order valence-electron chi connectivity index (χ2n) is 12.5. The average Bonchev–Trinajstić information content (AvgIpc) is 3.11. The van der Waals surface area contributed by atoms with Gasteiger partial charge in [-0.25, -0.2) is 8.42 Å². The molecule has 0 spiro atoms. The number of nitrogens with one attached hydrogen (secondary N) is 1. The quantitative estimate of drug-likeness (QED) is 0.142. The molecule has 0 radical (unpaired) electrons. The summed E-state index contributed by atoms with van der Waals surface area (Å²) in [5, 5.41) is 3.88. The van der Waals surface area contributed by atoms with Crippen molar-refractivity contribution in [3.8, 4) is 5.75 Å². The van der Waals surface area contributed by atoms with Crippen LogP contribution >= 0.6 is 23.2 Å². The number of para-hydroxylation sites is 2. The summed E-state index contributed by atoms with van der Waals surface area (Å²) in [6.07, 6.45) is 5.10. The van der Waals surface area contributed by atoms with Crippen molar-refractivity contribution in [2.75, 3.05) is 17.5 Å². The molecule has 0 saturated heterocycles. The number of benzene rings is 4. The molecule has 11 heteroatoms. The molecule has 1 aliphatic rings. The van der Waals surface area contributed by atoms with Crippen molar-refractivity contribution >= 4 is 50.7 Å². The third-order valence-corrected chi connectivity index (χ3v) is 11.4. The Hall–Kier alpha value is -4.05. The van der Waals surface area contributed by atoms with Gasteiger partial charge in [-0.3, -0.25) is 13.9 Å². The first-order valence-electron chi connectivity index (χ1n) is 17.0. The van der Waals surface area contributed by atoms with E-state index in [9.17, 15) is 18.0 Å². The Morgan fingerprint density at radius 1 is 0.860 bits per heavy atom. The van der Waals surface area contributed by atoms with E-state index in [2.05, 4.69) is 5.32 Å². The van der Waals surface area contributed by atoms with Crippen LogP contribution in [0.1, 0.15) is 55.7 Å². The molecule has 2 amide bonds. The third kappa shape index (κ3) is 9.38. The van der Waals surface area contributed by atoms with Gasteiger partial charge in [-0.1, -0.05) is 109 Å². The van der Waals surface area contributed by atoms with Gasteiger partial charge in [0, 0.05) is 19.0 Å². The molecule has 1 saturated carbocycles. The van der Waals surface area contributed by atoms with E-state index >= 15 is 0 Å². The molecule has 5 rings (SSSR count). The zero-order valence-electron chi connectivity index (χ0n) is 28.4. The van der Waals surface area contributed by atoms with Crippen LogP contribution in [0.4, 0.5) is 5.69 Å². The largest absolute Gasteiger partial charge is 0.492 e. The van der Waals surface area contributed by atoms with Crippen molar-refractivity contribution in [2.45, 2.75) is 75.9 Å². The molecular weight excluding hydrogens is 693 g/mol. The molecule has 1 atom stereocenters. The summed E-state index contributed by atoms with van der Waals surface area (Å²) in [5.41, 5.74) is 2.60. The Balaban J connectivity index is 1.60. The Morgan fingerprint density at radius 2 is 1.54 bits per heavy atom. The fraction of sp³-hybridized carbons (Fsp3) is 0.333. The number of amides is 2. The van der Waals surface area contributed by atoms with E-state index in [0.717, 1.165) is 47.5 Å². The lowest BCUT2D eigenvalue weighted by Crippen LogP contribution is -2.55. The first-order valence-corrected chi connectivity index (χ1v) is 19.2. The van der Waals surface area contributed by atoms with Crippen molar-refractivity contribution in [1.29, 1.82) is 0 Å². The maximum Gasteiger partial charge on any atom is 0.264 e. The van der Waals surface area contributed by atoms with Gasteiger partial charge in [0.2, 0.25) is 11.8 Å². The zero-order valence-corrected chi connectivity index (χ0v) is 30.7. The summed E-state index contributed by atoms with van der Waals surface area (Å²) in [7, 11) is -4.29. The standard InChI is InChI=1S/C39H43Cl2N3O5S/c1-3-49-37-17-11-10-16-35(37)44(50(47,48)32-21-18-28(2)19-22-32)27-38(45)43(26-30-20-23-33(40)34(41)24-30)36(25-29-12-6-4-7-13-29)39(46)42-31-14-8-5-9-15-31/h4,6-7,10-13,16-24,31,36H,3,5,8-9,14-15,25-27H2,1-2H3,(H,42,46). The normalized spacial score (nSPS) is 14.1. The zero-order chi connectivity index (χ0) is 35.7. The van der Waals surface area contributed by atoms with Crippen LogP contribution in [0, 0.1) is 6.92 Å². The maximum atomic E-state index is 14.9. The summed E-state index contributed by atoms with van der Waals surface area (Å²) in [5.74, 6) is -0.556. The van der Waals surface area contributed by atoms with Crippen LogP contribution in [-0.2, 0) is 32.6 Å². The molecule has 50 heavy (non-hydrogen) atoms. The molecule has 4 aromatic rings. The molecule has 1 fully saturated rings. The second-order valence-corrected chi connectivity index (χ2v) is 15.2. The number of anilines is 1. The summed E-state index contributed by atoms with van der Waals surface area (Å²) < 4.78 is 35.8. The Morgan fingerprint density at radius 3 is 2.22 bits per heavy atom. The number of ether oxygens (including phenoxy) is 1. The molecule has 8 nitrogen and oxygen atoms in total. The van der Waals surface area contributed by atoms with Gasteiger partial charge < -0.3 is 15.0 Å². The minimum absolute atomic E-state index is 0.00654. The molecular formula is C39H43Cl2N3O5S. The van der Waals surface area contributed by atoms with Crippen LogP contribution in [0.2, 0.25) is 10.0 Å². The van der Waals surface area contributed by atoms with Crippen molar-refractivity contribution in [3.05, 3.63) is 124 Å².